The molecule has 1 aromatic carbocycles. The molecule has 5 nitrogen and oxygen atoms in total. The Kier molecular flexibility index (Phi) is 6.44. The van der Waals surface area contributed by atoms with Gasteiger partial charge in [0.1, 0.15) is 0 Å². The van der Waals surface area contributed by atoms with Gasteiger partial charge in [-0.1, -0.05) is 13.8 Å². The average Bonchev–Trinajstić information content (AvgIpc) is 2.37. The van der Waals surface area contributed by atoms with Gasteiger partial charge in [0.15, 0.2) is 0 Å². The van der Waals surface area contributed by atoms with Crippen molar-refractivity contribution >= 4 is 31.6 Å². The van der Waals surface area contributed by atoms with Gasteiger partial charge in [0.25, 0.3) is 0 Å². The van der Waals surface area contributed by atoms with Crippen LogP contribution >= 0.6 is 15.9 Å². The van der Waals surface area contributed by atoms with Crippen LogP contribution in [0.25, 0.3) is 0 Å². The number of rotatable bonds is 7. The Morgan fingerprint density at radius 1 is 1.40 bits per heavy atom. The van der Waals surface area contributed by atoms with Crippen molar-refractivity contribution < 1.29 is 13.2 Å². The van der Waals surface area contributed by atoms with E-state index in [4.69, 9.17) is 10.5 Å². The van der Waals surface area contributed by atoms with Gasteiger partial charge in [-0.2, -0.15) is 4.31 Å². The first-order valence-electron chi connectivity index (χ1n) is 6.33. The van der Waals surface area contributed by atoms with Gasteiger partial charge in [-0.3, -0.25) is 0 Å². The number of methoxy groups -OCH3 is 1. The Morgan fingerprint density at radius 2 is 2.05 bits per heavy atom. The standard InChI is InChI=1S/C13H21BrN2O3S/c1-10(2)9-16(6-7-19-3)20(17,18)11-4-5-13(15)12(14)8-11/h4-5,8,10H,6-7,9,15H2,1-3H3. The van der Waals surface area contributed by atoms with Gasteiger partial charge in [-0.25, -0.2) is 8.42 Å². The average molecular weight is 365 g/mol. The highest BCUT2D eigenvalue weighted by Gasteiger charge is 2.25. The molecule has 0 amide bonds. The van der Waals surface area contributed by atoms with E-state index in [1.807, 2.05) is 13.8 Å². The Labute approximate surface area is 129 Å². The van der Waals surface area contributed by atoms with Crippen molar-refractivity contribution in [3.8, 4) is 0 Å². The minimum atomic E-state index is -3.54. The summed E-state index contributed by atoms with van der Waals surface area (Å²) in [5.41, 5.74) is 6.20. The lowest BCUT2D eigenvalue weighted by atomic mass is 10.2. The molecule has 0 unspecified atom stereocenters. The highest BCUT2D eigenvalue weighted by atomic mass is 79.9. The summed E-state index contributed by atoms with van der Waals surface area (Å²) in [6, 6.07) is 4.64. The van der Waals surface area contributed by atoms with Crippen LogP contribution in [0.15, 0.2) is 27.6 Å². The molecule has 0 heterocycles. The predicted molar refractivity (Wildman–Crippen MR) is 84.0 cm³/mol. The van der Waals surface area contributed by atoms with Crippen LogP contribution in [0.2, 0.25) is 0 Å². The van der Waals surface area contributed by atoms with E-state index >= 15 is 0 Å². The maximum absolute atomic E-state index is 12.6. The summed E-state index contributed by atoms with van der Waals surface area (Å²) in [4.78, 5) is 0.232. The van der Waals surface area contributed by atoms with Crippen LogP contribution in [-0.2, 0) is 14.8 Å². The molecule has 0 radical (unpaired) electrons. The molecular formula is C13H21BrN2O3S. The molecule has 0 aliphatic rings. The van der Waals surface area contributed by atoms with Crippen molar-refractivity contribution in [2.24, 2.45) is 5.92 Å². The van der Waals surface area contributed by atoms with E-state index in [1.54, 1.807) is 13.2 Å². The summed E-state index contributed by atoms with van der Waals surface area (Å²) in [6.45, 7) is 5.11. The topological polar surface area (TPSA) is 72.6 Å². The van der Waals surface area contributed by atoms with E-state index in [0.717, 1.165) is 0 Å². The first kappa shape index (κ1) is 17.4. The molecule has 0 bridgehead atoms. The lowest BCUT2D eigenvalue weighted by Crippen LogP contribution is -2.36. The second kappa shape index (κ2) is 7.40. The van der Waals surface area contributed by atoms with Gasteiger partial charge in [0, 0.05) is 30.4 Å². The van der Waals surface area contributed by atoms with Crippen molar-refractivity contribution in [2.45, 2.75) is 18.7 Å². The van der Waals surface area contributed by atoms with Crippen LogP contribution in [-0.4, -0.2) is 39.5 Å². The molecule has 1 rings (SSSR count). The molecule has 114 valence electrons. The largest absolute Gasteiger partial charge is 0.398 e. The van der Waals surface area contributed by atoms with Gasteiger partial charge in [-0.15, -0.1) is 0 Å². The van der Waals surface area contributed by atoms with Crippen LogP contribution in [0.3, 0.4) is 0 Å². The van der Waals surface area contributed by atoms with Gasteiger partial charge in [0.05, 0.1) is 11.5 Å². The number of hydrogen-bond acceptors (Lipinski definition) is 4. The highest BCUT2D eigenvalue weighted by Crippen LogP contribution is 2.25. The van der Waals surface area contributed by atoms with Crippen LogP contribution in [0.1, 0.15) is 13.8 Å². The fourth-order valence-corrected chi connectivity index (χ4v) is 3.87. The van der Waals surface area contributed by atoms with E-state index < -0.39 is 10.0 Å². The Balaban J connectivity index is 3.10. The lowest BCUT2D eigenvalue weighted by Gasteiger charge is -2.23. The fourth-order valence-electron chi connectivity index (χ4n) is 1.73. The summed E-state index contributed by atoms with van der Waals surface area (Å²) in [5.74, 6) is 0.235. The first-order chi connectivity index (χ1) is 9.28. The predicted octanol–water partition coefficient (Wildman–Crippen LogP) is 2.32. The van der Waals surface area contributed by atoms with Gasteiger partial charge >= 0.3 is 0 Å². The molecule has 0 saturated carbocycles. The van der Waals surface area contributed by atoms with E-state index in [2.05, 4.69) is 15.9 Å². The van der Waals surface area contributed by atoms with Gasteiger partial charge in [-0.05, 0) is 40.0 Å². The third-order valence-corrected chi connectivity index (χ3v) is 5.27. The molecule has 1 aromatic rings. The Hall–Kier alpha value is -0.630. The first-order valence-corrected chi connectivity index (χ1v) is 8.56. The number of hydrogen-bond donors (Lipinski definition) is 1. The molecule has 0 spiro atoms. The van der Waals surface area contributed by atoms with Crippen molar-refractivity contribution in [2.75, 3.05) is 32.5 Å². The second-order valence-corrected chi connectivity index (χ2v) is 7.73. The minimum absolute atomic E-state index is 0.232. The summed E-state index contributed by atoms with van der Waals surface area (Å²) < 4.78 is 32.3. The van der Waals surface area contributed by atoms with Gasteiger partial charge in [0.2, 0.25) is 10.0 Å². The summed E-state index contributed by atoms with van der Waals surface area (Å²) in [6.07, 6.45) is 0. The molecule has 2 N–H and O–H groups in total. The molecule has 20 heavy (non-hydrogen) atoms. The zero-order chi connectivity index (χ0) is 15.3. The Morgan fingerprint density at radius 3 is 2.55 bits per heavy atom. The SMILES string of the molecule is COCCN(CC(C)C)S(=O)(=O)c1ccc(N)c(Br)c1. The molecular weight excluding hydrogens is 344 g/mol. The Bertz CT molecular complexity index is 547. The fraction of sp³-hybridized carbons (Fsp3) is 0.538. The number of nitrogens with two attached hydrogens (primary N) is 1. The van der Waals surface area contributed by atoms with E-state index in [0.29, 0.717) is 29.9 Å². The molecule has 0 atom stereocenters. The summed E-state index contributed by atoms with van der Waals surface area (Å²) in [7, 11) is -1.98. The molecule has 0 aliphatic carbocycles. The molecule has 0 saturated heterocycles. The number of nitrogens with zero attached hydrogens (tertiary/aromatic N) is 1. The zero-order valence-corrected chi connectivity index (χ0v) is 14.4. The number of ether oxygens (including phenoxy) is 1. The molecule has 0 aromatic heterocycles. The number of benzene rings is 1. The smallest absolute Gasteiger partial charge is 0.243 e. The summed E-state index contributed by atoms with van der Waals surface area (Å²) >= 11 is 3.26. The van der Waals surface area contributed by atoms with Gasteiger partial charge < -0.3 is 10.5 Å². The zero-order valence-electron chi connectivity index (χ0n) is 12.0. The quantitative estimate of drug-likeness (QED) is 0.753. The number of anilines is 1. The second-order valence-electron chi connectivity index (χ2n) is 4.93. The number of halogens is 1. The maximum atomic E-state index is 12.6. The van der Waals surface area contributed by atoms with Crippen LogP contribution in [0.5, 0.6) is 0 Å². The third-order valence-electron chi connectivity index (χ3n) is 2.72. The van der Waals surface area contributed by atoms with E-state index in [1.165, 1.54) is 16.4 Å². The molecule has 0 fully saturated rings. The van der Waals surface area contributed by atoms with Crippen LogP contribution in [0.4, 0.5) is 5.69 Å². The van der Waals surface area contributed by atoms with Crippen molar-refractivity contribution in [3.05, 3.63) is 22.7 Å². The lowest BCUT2D eigenvalue weighted by molar-refractivity contribution is 0.175. The van der Waals surface area contributed by atoms with Crippen molar-refractivity contribution in [1.29, 1.82) is 0 Å². The molecule has 7 heteroatoms. The highest BCUT2D eigenvalue weighted by molar-refractivity contribution is 9.10. The van der Waals surface area contributed by atoms with Crippen molar-refractivity contribution in [3.63, 3.8) is 0 Å². The third kappa shape index (κ3) is 4.44. The van der Waals surface area contributed by atoms with E-state index in [9.17, 15) is 8.42 Å². The number of nitrogen functional groups attached to an aromatic ring is 1. The maximum Gasteiger partial charge on any atom is 0.243 e. The summed E-state index contributed by atoms with van der Waals surface area (Å²) in [5, 5.41) is 0. The molecule has 0 aliphatic heterocycles. The minimum Gasteiger partial charge on any atom is -0.398 e. The van der Waals surface area contributed by atoms with Crippen molar-refractivity contribution in [1.82, 2.24) is 4.31 Å². The van der Waals surface area contributed by atoms with E-state index in [-0.39, 0.29) is 10.8 Å². The number of sulfonamides is 1. The van der Waals surface area contributed by atoms with Crippen LogP contribution < -0.4 is 5.73 Å². The van der Waals surface area contributed by atoms with Crippen LogP contribution in [0, 0.1) is 5.92 Å². The monoisotopic (exact) mass is 364 g/mol. The normalized spacial score (nSPS) is 12.3.